The quantitative estimate of drug-likeness (QED) is 0.583. The minimum Gasteiger partial charge on any atom is -0.466 e. The fourth-order valence-corrected chi connectivity index (χ4v) is 1.63. The molecule has 0 spiro atoms. The molecule has 15 heavy (non-hydrogen) atoms. The molecule has 0 radical (unpaired) electrons. The van der Waals surface area contributed by atoms with E-state index in [1.807, 2.05) is 0 Å². The van der Waals surface area contributed by atoms with E-state index < -0.39 is 12.1 Å². The van der Waals surface area contributed by atoms with E-state index in [1.165, 1.54) is 24.2 Å². The van der Waals surface area contributed by atoms with Crippen molar-refractivity contribution >= 4 is 17.7 Å². The molecule has 1 unspecified atom stereocenters. The van der Waals surface area contributed by atoms with Crippen molar-refractivity contribution in [2.45, 2.75) is 24.7 Å². The molecule has 0 bridgehead atoms. The third-order valence-corrected chi connectivity index (χ3v) is 2.52. The molecule has 6 heteroatoms. The summed E-state index contributed by atoms with van der Waals surface area (Å²) in [7, 11) is 0. The summed E-state index contributed by atoms with van der Waals surface area (Å²) in [5.74, 6) is -0.0303. The lowest BCUT2D eigenvalue weighted by molar-refractivity contribution is -0.144. The zero-order chi connectivity index (χ0) is 11.1. The summed E-state index contributed by atoms with van der Waals surface area (Å²) in [5, 5.41) is 9.94. The lowest BCUT2D eigenvalue weighted by Crippen LogP contribution is -2.17. The molecule has 1 rings (SSSR count). The number of nitrogens with zero attached hydrogens (tertiary/aromatic N) is 1. The molecule has 0 saturated carbocycles. The number of carbonyl (C=O) groups is 1. The number of oxazole rings is 1. The number of aliphatic hydroxyl groups excluding tert-OH is 1. The number of aliphatic hydroxyl groups is 1. The largest absolute Gasteiger partial charge is 0.466 e. The fourth-order valence-electron chi connectivity index (χ4n) is 0.920. The average Bonchev–Trinajstić information content (AvgIpc) is 2.67. The van der Waals surface area contributed by atoms with Crippen LogP contribution in [-0.2, 0) is 9.53 Å². The molecule has 0 aliphatic heterocycles. The van der Waals surface area contributed by atoms with Crippen LogP contribution in [0.1, 0.15) is 13.3 Å². The molecule has 1 N–H and O–H groups in total. The molecule has 0 saturated heterocycles. The van der Waals surface area contributed by atoms with Gasteiger partial charge in [0.1, 0.15) is 6.26 Å². The minimum absolute atomic E-state index is 0.00154. The molecule has 0 aromatic carbocycles. The Bertz CT molecular complexity index is 288. The molecule has 1 atom stereocenters. The van der Waals surface area contributed by atoms with E-state index in [0.717, 1.165) is 0 Å². The molecule has 0 aliphatic rings. The topological polar surface area (TPSA) is 72.6 Å². The van der Waals surface area contributed by atoms with Crippen LogP contribution in [0.4, 0.5) is 0 Å². The van der Waals surface area contributed by atoms with Crippen LogP contribution in [0.3, 0.4) is 0 Å². The first-order chi connectivity index (χ1) is 7.22. The van der Waals surface area contributed by atoms with Crippen LogP contribution >= 0.6 is 11.8 Å². The van der Waals surface area contributed by atoms with Crippen molar-refractivity contribution in [2.75, 3.05) is 12.4 Å². The summed E-state index contributed by atoms with van der Waals surface area (Å²) in [6, 6.07) is 0. The highest BCUT2D eigenvalue weighted by atomic mass is 32.2. The Morgan fingerprint density at radius 1 is 1.80 bits per heavy atom. The zero-order valence-corrected chi connectivity index (χ0v) is 9.20. The number of esters is 1. The Kier molecular flexibility index (Phi) is 5.20. The fraction of sp³-hybridized carbons (Fsp3) is 0.556. The molecule has 1 aromatic heterocycles. The number of hydrogen-bond donors (Lipinski definition) is 1. The maximum atomic E-state index is 11.0. The highest BCUT2D eigenvalue weighted by Crippen LogP contribution is 2.16. The summed E-state index contributed by atoms with van der Waals surface area (Å²) < 4.78 is 9.66. The van der Waals surface area contributed by atoms with E-state index in [4.69, 9.17) is 9.15 Å². The summed E-state index contributed by atoms with van der Waals surface area (Å²) in [5.41, 5.74) is 0. The van der Waals surface area contributed by atoms with Gasteiger partial charge >= 0.3 is 5.97 Å². The monoisotopic (exact) mass is 231 g/mol. The number of carbonyl (C=O) groups excluding carboxylic acids is 1. The van der Waals surface area contributed by atoms with Crippen LogP contribution < -0.4 is 0 Å². The molecule has 5 nitrogen and oxygen atoms in total. The van der Waals surface area contributed by atoms with Crippen LogP contribution in [0.15, 0.2) is 22.1 Å². The first-order valence-electron chi connectivity index (χ1n) is 4.58. The van der Waals surface area contributed by atoms with E-state index in [2.05, 4.69) is 4.98 Å². The van der Waals surface area contributed by atoms with Crippen LogP contribution in [0.5, 0.6) is 0 Å². The number of thioether (sulfide) groups is 1. The van der Waals surface area contributed by atoms with E-state index in [0.29, 0.717) is 17.6 Å². The van der Waals surface area contributed by atoms with Gasteiger partial charge in [0, 0.05) is 5.75 Å². The van der Waals surface area contributed by atoms with Crippen molar-refractivity contribution in [3.63, 3.8) is 0 Å². The maximum Gasteiger partial charge on any atom is 0.308 e. The van der Waals surface area contributed by atoms with Gasteiger partial charge in [-0.15, -0.1) is 0 Å². The molecule has 0 fully saturated rings. The summed E-state index contributed by atoms with van der Waals surface area (Å²) in [6.07, 6.45) is 2.25. The molecule has 1 heterocycles. The average molecular weight is 231 g/mol. The second kappa shape index (κ2) is 6.47. The number of aromatic nitrogens is 1. The van der Waals surface area contributed by atoms with Crippen LogP contribution in [0.25, 0.3) is 0 Å². The summed E-state index contributed by atoms with van der Waals surface area (Å²) >= 11 is 1.26. The highest BCUT2D eigenvalue weighted by Gasteiger charge is 2.12. The van der Waals surface area contributed by atoms with Gasteiger partial charge < -0.3 is 14.3 Å². The van der Waals surface area contributed by atoms with Crippen molar-refractivity contribution < 1.29 is 19.1 Å². The highest BCUT2D eigenvalue weighted by molar-refractivity contribution is 7.99. The number of rotatable bonds is 6. The lowest BCUT2D eigenvalue weighted by Gasteiger charge is -2.07. The van der Waals surface area contributed by atoms with Gasteiger partial charge in [-0.3, -0.25) is 4.79 Å². The van der Waals surface area contributed by atoms with Gasteiger partial charge in [0.15, 0.2) is 0 Å². The van der Waals surface area contributed by atoms with Crippen LogP contribution in [0.2, 0.25) is 0 Å². The first-order valence-corrected chi connectivity index (χ1v) is 5.57. The van der Waals surface area contributed by atoms with E-state index in [-0.39, 0.29) is 6.42 Å². The molecule has 0 aliphatic carbocycles. The Labute approximate surface area is 91.8 Å². The molecular weight excluding hydrogens is 218 g/mol. The number of hydrogen-bond acceptors (Lipinski definition) is 6. The molecule has 84 valence electrons. The zero-order valence-electron chi connectivity index (χ0n) is 8.38. The molecule has 1 aromatic rings. The van der Waals surface area contributed by atoms with Crippen LogP contribution in [0, 0.1) is 0 Å². The second-order valence-electron chi connectivity index (χ2n) is 2.77. The van der Waals surface area contributed by atoms with Gasteiger partial charge in [-0.25, -0.2) is 4.98 Å². The SMILES string of the molecule is CCOC(=O)CC(O)CSc1ncco1. The Hall–Kier alpha value is -1.01. The van der Waals surface area contributed by atoms with E-state index >= 15 is 0 Å². The van der Waals surface area contributed by atoms with E-state index in [1.54, 1.807) is 6.92 Å². The first kappa shape index (κ1) is 12.1. The summed E-state index contributed by atoms with van der Waals surface area (Å²) in [6.45, 7) is 2.06. The Balaban J connectivity index is 2.18. The van der Waals surface area contributed by atoms with Gasteiger partial charge in [-0.2, -0.15) is 0 Å². The Morgan fingerprint density at radius 3 is 3.20 bits per heavy atom. The summed E-state index contributed by atoms with van der Waals surface area (Å²) in [4.78, 5) is 14.9. The normalized spacial score (nSPS) is 12.4. The van der Waals surface area contributed by atoms with Gasteiger partial charge in [0.2, 0.25) is 0 Å². The van der Waals surface area contributed by atoms with Crippen molar-refractivity contribution in [2.24, 2.45) is 0 Å². The maximum absolute atomic E-state index is 11.0. The van der Waals surface area contributed by atoms with E-state index in [9.17, 15) is 9.90 Å². The van der Waals surface area contributed by atoms with Gasteiger partial charge in [0.25, 0.3) is 5.22 Å². The number of ether oxygens (including phenoxy) is 1. The predicted molar refractivity (Wildman–Crippen MR) is 54.5 cm³/mol. The van der Waals surface area contributed by atoms with Gasteiger partial charge in [0.05, 0.1) is 25.3 Å². The standard InChI is InChI=1S/C9H13NO4S/c1-2-13-8(12)5-7(11)6-15-9-10-3-4-14-9/h3-4,7,11H,2,5-6H2,1H3. The molecule has 0 amide bonds. The molecular formula is C9H13NO4S. The van der Waals surface area contributed by atoms with Crippen molar-refractivity contribution in [3.05, 3.63) is 12.5 Å². The van der Waals surface area contributed by atoms with Crippen molar-refractivity contribution in [3.8, 4) is 0 Å². The lowest BCUT2D eigenvalue weighted by atomic mass is 10.3. The van der Waals surface area contributed by atoms with Crippen LogP contribution in [-0.4, -0.2) is 34.5 Å². The van der Waals surface area contributed by atoms with Gasteiger partial charge in [-0.1, -0.05) is 11.8 Å². The predicted octanol–water partition coefficient (Wildman–Crippen LogP) is 1.08. The van der Waals surface area contributed by atoms with Crippen molar-refractivity contribution in [1.82, 2.24) is 4.98 Å². The Morgan fingerprint density at radius 2 is 2.60 bits per heavy atom. The smallest absolute Gasteiger partial charge is 0.308 e. The third kappa shape index (κ3) is 4.85. The second-order valence-corrected chi connectivity index (χ2v) is 3.74. The third-order valence-electron chi connectivity index (χ3n) is 1.52. The van der Waals surface area contributed by atoms with Gasteiger partial charge in [-0.05, 0) is 6.92 Å². The van der Waals surface area contributed by atoms with Crippen molar-refractivity contribution in [1.29, 1.82) is 0 Å². The minimum atomic E-state index is -0.735.